The predicted octanol–water partition coefficient (Wildman–Crippen LogP) is 1.14. The number of nitrogens with one attached hydrogen (secondary N) is 1. The van der Waals surface area contributed by atoms with Crippen molar-refractivity contribution in [3.05, 3.63) is 17.7 Å². The molecule has 1 aliphatic rings. The van der Waals surface area contributed by atoms with Crippen molar-refractivity contribution in [2.45, 2.75) is 25.7 Å². The van der Waals surface area contributed by atoms with Crippen molar-refractivity contribution < 1.29 is 9.90 Å². The van der Waals surface area contributed by atoms with E-state index in [1.165, 1.54) is 25.6 Å². The number of carbonyl (C=O) groups is 1. The molecule has 2 rings (SSSR count). The number of carboxylic acids is 1. The number of aromatic carboxylic acids is 1. The number of imidazole rings is 1. The van der Waals surface area contributed by atoms with Crippen LogP contribution in [0.5, 0.6) is 0 Å². The van der Waals surface area contributed by atoms with Gasteiger partial charge in [-0.3, -0.25) is 0 Å². The van der Waals surface area contributed by atoms with Gasteiger partial charge in [-0.2, -0.15) is 0 Å². The number of piperidine rings is 1. The van der Waals surface area contributed by atoms with Gasteiger partial charge in [-0.1, -0.05) is 6.42 Å². The van der Waals surface area contributed by atoms with Gasteiger partial charge in [0.1, 0.15) is 0 Å². The third-order valence-electron chi connectivity index (χ3n) is 3.05. The second-order valence-electron chi connectivity index (χ2n) is 4.19. The fourth-order valence-corrected chi connectivity index (χ4v) is 2.15. The van der Waals surface area contributed by atoms with E-state index in [0.29, 0.717) is 0 Å². The number of H-pyrrole nitrogens is 1. The maximum absolute atomic E-state index is 10.8. The summed E-state index contributed by atoms with van der Waals surface area (Å²) in [7, 11) is 0. The van der Waals surface area contributed by atoms with Crippen molar-refractivity contribution in [2.75, 3.05) is 19.6 Å². The molecule has 0 aliphatic carbocycles. The van der Waals surface area contributed by atoms with Gasteiger partial charge in [0, 0.05) is 13.0 Å². The van der Waals surface area contributed by atoms with Crippen molar-refractivity contribution >= 4 is 5.97 Å². The Hall–Kier alpha value is -1.36. The number of rotatable bonds is 4. The summed E-state index contributed by atoms with van der Waals surface area (Å²) in [5.74, 6) is -0.949. The van der Waals surface area contributed by atoms with Crippen molar-refractivity contribution in [1.82, 2.24) is 14.9 Å². The number of hydrogen-bond donors (Lipinski definition) is 2. The Balaban J connectivity index is 1.88. The van der Waals surface area contributed by atoms with E-state index >= 15 is 0 Å². The van der Waals surface area contributed by atoms with Gasteiger partial charge in [0.15, 0.2) is 5.69 Å². The zero-order valence-corrected chi connectivity index (χ0v) is 9.28. The summed E-state index contributed by atoms with van der Waals surface area (Å²) in [5, 5.41) is 8.90. The first-order chi connectivity index (χ1) is 7.77. The molecular formula is C11H17N3O2. The third kappa shape index (κ3) is 2.61. The fourth-order valence-electron chi connectivity index (χ4n) is 2.15. The zero-order chi connectivity index (χ0) is 11.4. The topological polar surface area (TPSA) is 69.2 Å². The molecule has 88 valence electrons. The summed E-state index contributed by atoms with van der Waals surface area (Å²) in [5.41, 5.74) is 0.898. The van der Waals surface area contributed by atoms with Crippen LogP contribution in [-0.4, -0.2) is 45.6 Å². The summed E-state index contributed by atoms with van der Waals surface area (Å²) >= 11 is 0. The molecule has 0 atom stereocenters. The molecule has 0 amide bonds. The number of aromatic amines is 1. The van der Waals surface area contributed by atoms with E-state index in [1.807, 2.05) is 0 Å². The summed E-state index contributed by atoms with van der Waals surface area (Å²) in [4.78, 5) is 19.9. The Morgan fingerprint density at radius 3 is 2.88 bits per heavy atom. The lowest BCUT2D eigenvalue weighted by Crippen LogP contribution is -2.31. The molecule has 2 heterocycles. The number of hydrogen-bond acceptors (Lipinski definition) is 3. The lowest BCUT2D eigenvalue weighted by Gasteiger charge is -2.26. The van der Waals surface area contributed by atoms with Crippen molar-refractivity contribution in [2.24, 2.45) is 0 Å². The number of likely N-dealkylation sites (tertiary alicyclic amines) is 1. The Morgan fingerprint density at radius 2 is 2.19 bits per heavy atom. The van der Waals surface area contributed by atoms with E-state index < -0.39 is 5.97 Å². The normalized spacial score (nSPS) is 17.5. The van der Waals surface area contributed by atoms with Gasteiger partial charge in [-0.25, -0.2) is 9.78 Å². The molecule has 0 unspecified atom stereocenters. The second kappa shape index (κ2) is 5.12. The molecule has 1 fully saturated rings. The van der Waals surface area contributed by atoms with Crippen LogP contribution in [0.4, 0.5) is 0 Å². The van der Waals surface area contributed by atoms with Crippen LogP contribution in [0.3, 0.4) is 0 Å². The average molecular weight is 223 g/mol. The Bertz CT molecular complexity index is 356. The van der Waals surface area contributed by atoms with Crippen LogP contribution in [0.1, 0.15) is 35.4 Å². The molecule has 1 saturated heterocycles. The Labute approximate surface area is 94.5 Å². The van der Waals surface area contributed by atoms with E-state index in [9.17, 15) is 4.79 Å². The maximum atomic E-state index is 10.8. The number of aromatic nitrogens is 2. The first-order valence-electron chi connectivity index (χ1n) is 5.75. The summed E-state index contributed by atoms with van der Waals surface area (Å²) < 4.78 is 0. The SMILES string of the molecule is O=C(O)c1nc[nH]c1CCN1CCCCC1. The van der Waals surface area contributed by atoms with Gasteiger partial charge in [-0.05, 0) is 25.9 Å². The minimum atomic E-state index is -0.949. The third-order valence-corrected chi connectivity index (χ3v) is 3.05. The van der Waals surface area contributed by atoms with E-state index in [1.54, 1.807) is 0 Å². The van der Waals surface area contributed by atoms with Crippen LogP contribution in [-0.2, 0) is 6.42 Å². The molecular weight excluding hydrogens is 206 g/mol. The van der Waals surface area contributed by atoms with Crippen molar-refractivity contribution in [3.8, 4) is 0 Å². The lowest BCUT2D eigenvalue weighted by atomic mass is 10.1. The monoisotopic (exact) mass is 223 g/mol. The fraction of sp³-hybridized carbons (Fsp3) is 0.636. The standard InChI is InChI=1S/C11H17N3O2/c15-11(16)10-9(12-8-13-10)4-7-14-5-2-1-3-6-14/h8H,1-7H2,(H,12,13)(H,15,16). The quantitative estimate of drug-likeness (QED) is 0.803. The van der Waals surface area contributed by atoms with E-state index in [-0.39, 0.29) is 5.69 Å². The second-order valence-corrected chi connectivity index (χ2v) is 4.19. The van der Waals surface area contributed by atoms with Crippen LogP contribution in [0.2, 0.25) is 0 Å². The summed E-state index contributed by atoms with van der Waals surface area (Å²) in [6.45, 7) is 3.19. The van der Waals surface area contributed by atoms with Gasteiger partial charge in [0.05, 0.1) is 12.0 Å². The van der Waals surface area contributed by atoms with Gasteiger partial charge in [-0.15, -0.1) is 0 Å². The molecule has 5 nitrogen and oxygen atoms in total. The first kappa shape index (κ1) is 11.1. The lowest BCUT2D eigenvalue weighted by molar-refractivity contribution is 0.0689. The molecule has 0 bridgehead atoms. The number of carboxylic acid groups (broad SMARTS) is 1. The molecule has 1 aromatic heterocycles. The first-order valence-corrected chi connectivity index (χ1v) is 5.75. The number of nitrogens with zero attached hydrogens (tertiary/aromatic N) is 2. The highest BCUT2D eigenvalue weighted by Gasteiger charge is 2.15. The molecule has 0 radical (unpaired) electrons. The van der Waals surface area contributed by atoms with Crippen molar-refractivity contribution in [3.63, 3.8) is 0 Å². The molecule has 5 heteroatoms. The smallest absolute Gasteiger partial charge is 0.356 e. The van der Waals surface area contributed by atoms with Gasteiger partial charge in [0.2, 0.25) is 0 Å². The Kier molecular flexibility index (Phi) is 3.56. The Morgan fingerprint density at radius 1 is 1.44 bits per heavy atom. The van der Waals surface area contributed by atoms with Gasteiger partial charge >= 0.3 is 5.97 Å². The minimum Gasteiger partial charge on any atom is -0.476 e. The largest absolute Gasteiger partial charge is 0.476 e. The van der Waals surface area contributed by atoms with Crippen LogP contribution >= 0.6 is 0 Å². The molecule has 1 aromatic rings. The molecule has 2 N–H and O–H groups in total. The zero-order valence-electron chi connectivity index (χ0n) is 9.28. The van der Waals surface area contributed by atoms with Gasteiger partial charge in [0.25, 0.3) is 0 Å². The van der Waals surface area contributed by atoms with Crippen LogP contribution < -0.4 is 0 Å². The summed E-state index contributed by atoms with van der Waals surface area (Å²) in [6, 6.07) is 0. The summed E-state index contributed by atoms with van der Waals surface area (Å²) in [6.07, 6.45) is 6.03. The minimum absolute atomic E-state index is 0.164. The van der Waals surface area contributed by atoms with E-state index in [2.05, 4.69) is 14.9 Å². The van der Waals surface area contributed by atoms with Crippen LogP contribution in [0.25, 0.3) is 0 Å². The highest BCUT2D eigenvalue weighted by molar-refractivity contribution is 5.86. The van der Waals surface area contributed by atoms with Crippen molar-refractivity contribution in [1.29, 1.82) is 0 Å². The van der Waals surface area contributed by atoms with E-state index in [4.69, 9.17) is 5.11 Å². The van der Waals surface area contributed by atoms with Gasteiger partial charge < -0.3 is 15.0 Å². The highest BCUT2D eigenvalue weighted by atomic mass is 16.4. The highest BCUT2D eigenvalue weighted by Crippen LogP contribution is 2.10. The molecule has 16 heavy (non-hydrogen) atoms. The molecule has 0 saturated carbocycles. The van der Waals surface area contributed by atoms with Crippen LogP contribution in [0, 0.1) is 0 Å². The molecule has 0 aromatic carbocycles. The predicted molar refractivity (Wildman–Crippen MR) is 59.5 cm³/mol. The average Bonchev–Trinajstić information content (AvgIpc) is 2.76. The maximum Gasteiger partial charge on any atom is 0.356 e. The van der Waals surface area contributed by atoms with E-state index in [0.717, 1.165) is 31.7 Å². The molecule has 0 spiro atoms. The molecule has 1 aliphatic heterocycles. The van der Waals surface area contributed by atoms with Crippen LogP contribution in [0.15, 0.2) is 6.33 Å².